The summed E-state index contributed by atoms with van der Waals surface area (Å²) in [6.07, 6.45) is 5.58. The van der Waals surface area contributed by atoms with Crippen LogP contribution >= 0.6 is 0 Å². The standard InChI is InChI=1S/C22H23N5O/c1-16-6-2-3-7-19(16)26-22(28)20-14-24-21(15-23-20)25-17-8-10-18(11-9-17)27-12-4-5-13-27/h2-3,6-11,14-15H,4-5,12-13H2,1H3,(H,24,25)(H,26,28). The number of hydrogen-bond acceptors (Lipinski definition) is 5. The number of hydrogen-bond donors (Lipinski definition) is 2. The SMILES string of the molecule is Cc1ccccc1NC(=O)c1cnc(Nc2ccc(N3CCCC3)cc2)cn1. The molecule has 2 heterocycles. The summed E-state index contributed by atoms with van der Waals surface area (Å²) in [6, 6.07) is 15.9. The van der Waals surface area contributed by atoms with E-state index in [4.69, 9.17) is 0 Å². The van der Waals surface area contributed by atoms with Gasteiger partial charge in [-0.05, 0) is 55.7 Å². The highest BCUT2D eigenvalue weighted by Gasteiger charge is 2.12. The first-order valence-corrected chi connectivity index (χ1v) is 9.50. The van der Waals surface area contributed by atoms with Crippen LogP contribution in [0.3, 0.4) is 0 Å². The van der Waals surface area contributed by atoms with E-state index in [2.05, 4.69) is 37.6 Å². The van der Waals surface area contributed by atoms with Crippen LogP contribution in [0.25, 0.3) is 0 Å². The lowest BCUT2D eigenvalue weighted by atomic mass is 10.2. The summed E-state index contributed by atoms with van der Waals surface area (Å²) in [5.41, 5.74) is 4.24. The van der Waals surface area contributed by atoms with Gasteiger partial charge in [0.05, 0.1) is 12.4 Å². The molecule has 1 aliphatic heterocycles. The van der Waals surface area contributed by atoms with Gasteiger partial charge in [-0.3, -0.25) is 4.79 Å². The molecule has 0 unspecified atom stereocenters. The number of nitrogens with zero attached hydrogens (tertiary/aromatic N) is 3. The zero-order chi connectivity index (χ0) is 19.3. The number of benzene rings is 2. The van der Waals surface area contributed by atoms with Crippen molar-refractivity contribution in [2.24, 2.45) is 0 Å². The van der Waals surface area contributed by atoms with E-state index in [-0.39, 0.29) is 11.6 Å². The highest BCUT2D eigenvalue weighted by atomic mass is 16.1. The fourth-order valence-corrected chi connectivity index (χ4v) is 3.29. The third-order valence-electron chi connectivity index (χ3n) is 4.89. The summed E-state index contributed by atoms with van der Waals surface area (Å²) in [6.45, 7) is 4.21. The Hall–Kier alpha value is -3.41. The minimum absolute atomic E-state index is 0.275. The molecule has 0 saturated carbocycles. The van der Waals surface area contributed by atoms with Crippen LogP contribution < -0.4 is 15.5 Å². The van der Waals surface area contributed by atoms with E-state index < -0.39 is 0 Å². The van der Waals surface area contributed by atoms with E-state index in [0.717, 1.165) is 30.0 Å². The summed E-state index contributed by atoms with van der Waals surface area (Å²) in [5, 5.41) is 6.08. The number of rotatable bonds is 5. The Bertz CT molecular complexity index is 947. The Balaban J connectivity index is 1.39. The maximum Gasteiger partial charge on any atom is 0.275 e. The lowest BCUT2D eigenvalue weighted by Gasteiger charge is -2.17. The summed E-state index contributed by atoms with van der Waals surface area (Å²) in [5.74, 6) is 0.324. The summed E-state index contributed by atoms with van der Waals surface area (Å²) < 4.78 is 0. The molecule has 1 aromatic heterocycles. The van der Waals surface area contributed by atoms with E-state index in [1.165, 1.54) is 24.7 Å². The normalized spacial score (nSPS) is 13.4. The van der Waals surface area contributed by atoms with Crippen LogP contribution in [0, 0.1) is 6.92 Å². The molecule has 2 aromatic carbocycles. The summed E-state index contributed by atoms with van der Waals surface area (Å²) >= 11 is 0. The molecular formula is C22H23N5O. The predicted octanol–water partition coefficient (Wildman–Crippen LogP) is 4.38. The highest BCUT2D eigenvalue weighted by Crippen LogP contribution is 2.23. The molecule has 0 aliphatic carbocycles. The average Bonchev–Trinajstić information content (AvgIpc) is 3.26. The Kier molecular flexibility index (Phi) is 5.19. The van der Waals surface area contributed by atoms with E-state index in [1.807, 2.05) is 43.3 Å². The number of anilines is 4. The Morgan fingerprint density at radius 2 is 1.71 bits per heavy atom. The Morgan fingerprint density at radius 3 is 2.39 bits per heavy atom. The van der Waals surface area contributed by atoms with Gasteiger partial charge < -0.3 is 15.5 Å². The number of nitrogens with one attached hydrogen (secondary N) is 2. The highest BCUT2D eigenvalue weighted by molar-refractivity contribution is 6.03. The van der Waals surface area contributed by atoms with Crippen molar-refractivity contribution in [3.05, 3.63) is 72.2 Å². The van der Waals surface area contributed by atoms with Crippen molar-refractivity contribution >= 4 is 28.8 Å². The largest absolute Gasteiger partial charge is 0.372 e. The topological polar surface area (TPSA) is 70.2 Å². The first-order valence-electron chi connectivity index (χ1n) is 9.50. The third kappa shape index (κ3) is 4.11. The molecule has 1 aliphatic rings. The van der Waals surface area contributed by atoms with Crippen LogP contribution in [0.4, 0.5) is 22.9 Å². The first kappa shape index (κ1) is 18.0. The van der Waals surface area contributed by atoms with Gasteiger partial charge in [-0.15, -0.1) is 0 Å². The van der Waals surface area contributed by atoms with Gasteiger partial charge in [0, 0.05) is 30.2 Å². The molecule has 0 spiro atoms. The molecule has 1 saturated heterocycles. The van der Waals surface area contributed by atoms with Crippen molar-refractivity contribution in [1.29, 1.82) is 0 Å². The monoisotopic (exact) mass is 373 g/mol. The zero-order valence-electron chi connectivity index (χ0n) is 15.9. The second-order valence-corrected chi connectivity index (χ2v) is 6.92. The smallest absolute Gasteiger partial charge is 0.275 e. The zero-order valence-corrected chi connectivity index (χ0v) is 15.9. The van der Waals surface area contributed by atoms with E-state index in [0.29, 0.717) is 5.82 Å². The molecule has 1 fully saturated rings. The molecule has 0 atom stereocenters. The van der Waals surface area contributed by atoms with Gasteiger partial charge in [-0.25, -0.2) is 9.97 Å². The lowest BCUT2D eigenvalue weighted by Crippen LogP contribution is -2.17. The second kappa shape index (κ2) is 8.08. The minimum Gasteiger partial charge on any atom is -0.372 e. The van der Waals surface area contributed by atoms with Crippen molar-refractivity contribution in [3.63, 3.8) is 0 Å². The van der Waals surface area contributed by atoms with Crippen LogP contribution in [-0.4, -0.2) is 29.0 Å². The van der Waals surface area contributed by atoms with Crippen molar-refractivity contribution < 1.29 is 4.79 Å². The van der Waals surface area contributed by atoms with Gasteiger partial charge in [0.2, 0.25) is 0 Å². The molecule has 1 amide bonds. The third-order valence-corrected chi connectivity index (χ3v) is 4.89. The molecular weight excluding hydrogens is 350 g/mol. The van der Waals surface area contributed by atoms with E-state index in [1.54, 1.807) is 6.20 Å². The molecule has 3 aromatic rings. The molecule has 4 rings (SSSR count). The van der Waals surface area contributed by atoms with Gasteiger partial charge in [0.25, 0.3) is 5.91 Å². The number of aromatic nitrogens is 2. The predicted molar refractivity (Wildman–Crippen MR) is 112 cm³/mol. The van der Waals surface area contributed by atoms with Crippen molar-refractivity contribution in [1.82, 2.24) is 9.97 Å². The summed E-state index contributed by atoms with van der Waals surface area (Å²) in [7, 11) is 0. The van der Waals surface area contributed by atoms with Gasteiger partial charge in [0.15, 0.2) is 0 Å². The fraction of sp³-hybridized carbons (Fsp3) is 0.227. The van der Waals surface area contributed by atoms with Gasteiger partial charge in [0.1, 0.15) is 11.5 Å². The van der Waals surface area contributed by atoms with Gasteiger partial charge >= 0.3 is 0 Å². The number of carbonyl (C=O) groups is 1. The molecule has 6 heteroatoms. The van der Waals surface area contributed by atoms with Gasteiger partial charge in [-0.2, -0.15) is 0 Å². The van der Waals surface area contributed by atoms with E-state index in [9.17, 15) is 4.79 Å². The van der Waals surface area contributed by atoms with Crippen molar-refractivity contribution in [2.75, 3.05) is 28.6 Å². The maximum absolute atomic E-state index is 12.4. The fourth-order valence-electron chi connectivity index (χ4n) is 3.29. The molecule has 0 bridgehead atoms. The van der Waals surface area contributed by atoms with Crippen molar-refractivity contribution in [2.45, 2.75) is 19.8 Å². The van der Waals surface area contributed by atoms with Crippen LogP contribution in [0.2, 0.25) is 0 Å². The number of para-hydroxylation sites is 1. The van der Waals surface area contributed by atoms with Crippen LogP contribution in [-0.2, 0) is 0 Å². The number of aryl methyl sites for hydroxylation is 1. The lowest BCUT2D eigenvalue weighted by molar-refractivity contribution is 0.102. The average molecular weight is 373 g/mol. The minimum atomic E-state index is -0.275. The second-order valence-electron chi connectivity index (χ2n) is 6.92. The number of amides is 1. The van der Waals surface area contributed by atoms with Crippen LogP contribution in [0.1, 0.15) is 28.9 Å². The quantitative estimate of drug-likeness (QED) is 0.694. The molecule has 28 heavy (non-hydrogen) atoms. The Morgan fingerprint density at radius 1 is 0.964 bits per heavy atom. The first-order chi connectivity index (χ1) is 13.7. The molecule has 0 radical (unpaired) electrons. The van der Waals surface area contributed by atoms with Crippen LogP contribution in [0.15, 0.2) is 60.9 Å². The Labute approximate surface area is 164 Å². The van der Waals surface area contributed by atoms with Gasteiger partial charge in [-0.1, -0.05) is 18.2 Å². The van der Waals surface area contributed by atoms with E-state index >= 15 is 0 Å². The van der Waals surface area contributed by atoms with Crippen molar-refractivity contribution in [3.8, 4) is 0 Å². The summed E-state index contributed by atoms with van der Waals surface area (Å²) in [4.78, 5) is 23.3. The van der Waals surface area contributed by atoms with Crippen LogP contribution in [0.5, 0.6) is 0 Å². The molecule has 142 valence electrons. The molecule has 6 nitrogen and oxygen atoms in total. The molecule has 2 N–H and O–H groups in total. The maximum atomic E-state index is 12.4. The number of carbonyl (C=O) groups excluding carboxylic acids is 1.